The molecule has 1 N–H and O–H groups in total. The van der Waals surface area contributed by atoms with Crippen molar-refractivity contribution >= 4 is 50.7 Å². The zero-order valence-electron chi connectivity index (χ0n) is 15.8. The van der Waals surface area contributed by atoms with Crippen LogP contribution in [0.4, 0.5) is 11.6 Å². The van der Waals surface area contributed by atoms with Crippen LogP contribution in [0.1, 0.15) is 11.3 Å². The van der Waals surface area contributed by atoms with Crippen molar-refractivity contribution in [1.29, 1.82) is 0 Å². The van der Waals surface area contributed by atoms with Gasteiger partial charge in [-0.05, 0) is 61.9 Å². The van der Waals surface area contributed by atoms with E-state index < -0.39 is 15.9 Å². The topological polar surface area (TPSA) is 113 Å². The Balaban J connectivity index is 1.60. The van der Waals surface area contributed by atoms with Crippen molar-refractivity contribution in [1.82, 2.24) is 5.16 Å². The Labute approximate surface area is 183 Å². The van der Waals surface area contributed by atoms with Gasteiger partial charge in [0, 0.05) is 10.7 Å². The number of carbonyl (C=O) groups is 1. The first-order valence-corrected chi connectivity index (χ1v) is 10.7. The Morgan fingerprint density at radius 1 is 1.17 bits per heavy atom. The number of sulfonamides is 1. The second-order valence-electron chi connectivity index (χ2n) is 6.20. The average molecular weight is 469 g/mol. The first-order valence-electron chi connectivity index (χ1n) is 8.54. The molecule has 158 valence electrons. The number of rotatable bonds is 7. The standard InChI is InChI=1S/C19H17Cl2N3O5S/c1-11-12(2)23-29-19(11)24-30(26,27)15-6-4-14(5-7-15)22-18(25)10-28-17-8-3-13(20)9-16(17)21/h3-9H,10H2,1-2H3,(H2,22,23,24,25)/p-1. The van der Waals surface area contributed by atoms with Crippen molar-refractivity contribution in [2.24, 2.45) is 0 Å². The van der Waals surface area contributed by atoms with Gasteiger partial charge in [0.05, 0.1) is 21.5 Å². The van der Waals surface area contributed by atoms with Gasteiger partial charge in [-0.1, -0.05) is 28.4 Å². The molecule has 2 aromatic carbocycles. The van der Waals surface area contributed by atoms with Gasteiger partial charge in [-0.2, -0.15) is 0 Å². The maximum atomic E-state index is 12.4. The summed E-state index contributed by atoms with van der Waals surface area (Å²) in [5.74, 6) is -0.200. The zero-order chi connectivity index (χ0) is 21.9. The number of hydrogen-bond donors (Lipinski definition) is 1. The molecule has 0 fully saturated rings. The second kappa shape index (κ2) is 8.95. The van der Waals surface area contributed by atoms with Crippen molar-refractivity contribution in [2.45, 2.75) is 18.7 Å². The number of nitrogens with one attached hydrogen (secondary N) is 1. The van der Waals surface area contributed by atoms with Gasteiger partial charge in [0.1, 0.15) is 15.8 Å². The van der Waals surface area contributed by atoms with Crippen LogP contribution in [0.3, 0.4) is 0 Å². The summed E-state index contributed by atoms with van der Waals surface area (Å²) in [5, 5.41) is 7.01. The molecule has 0 saturated heterocycles. The van der Waals surface area contributed by atoms with Crippen LogP contribution < -0.4 is 10.1 Å². The van der Waals surface area contributed by atoms with E-state index in [9.17, 15) is 13.2 Å². The zero-order valence-corrected chi connectivity index (χ0v) is 18.2. The Morgan fingerprint density at radius 3 is 2.47 bits per heavy atom. The Bertz CT molecular complexity index is 1180. The van der Waals surface area contributed by atoms with Gasteiger partial charge in [0.2, 0.25) is 0 Å². The molecule has 0 bridgehead atoms. The Hall–Kier alpha value is -2.75. The number of amides is 1. The SMILES string of the molecule is Cc1noc([N-]S(=O)(=O)c2ccc(NC(=O)COc3ccc(Cl)cc3Cl)cc2)c1C. The van der Waals surface area contributed by atoms with Gasteiger partial charge in [-0.15, -0.1) is 0 Å². The summed E-state index contributed by atoms with van der Waals surface area (Å²) in [7, 11) is -3.99. The van der Waals surface area contributed by atoms with E-state index >= 15 is 0 Å². The van der Waals surface area contributed by atoms with Gasteiger partial charge >= 0.3 is 0 Å². The third-order valence-corrected chi connectivity index (χ3v) is 5.83. The van der Waals surface area contributed by atoms with Crippen molar-refractivity contribution in [3.63, 3.8) is 0 Å². The lowest BCUT2D eigenvalue weighted by molar-refractivity contribution is -0.118. The molecule has 0 aliphatic heterocycles. The first kappa shape index (κ1) is 21.9. The molecule has 11 heteroatoms. The third-order valence-electron chi connectivity index (χ3n) is 4.02. The molecule has 1 aromatic heterocycles. The number of carbonyl (C=O) groups excluding carboxylic acids is 1. The summed E-state index contributed by atoms with van der Waals surface area (Å²) in [5.41, 5.74) is 1.49. The van der Waals surface area contributed by atoms with E-state index in [1.54, 1.807) is 26.0 Å². The molecule has 0 aliphatic rings. The minimum absolute atomic E-state index is 0.0573. The average Bonchev–Trinajstić information content (AvgIpc) is 2.99. The van der Waals surface area contributed by atoms with Crippen LogP contribution in [0, 0.1) is 13.8 Å². The molecule has 30 heavy (non-hydrogen) atoms. The molecule has 8 nitrogen and oxygen atoms in total. The number of ether oxygens (including phenoxy) is 1. The first-order chi connectivity index (χ1) is 14.2. The van der Waals surface area contributed by atoms with E-state index in [0.29, 0.717) is 27.7 Å². The normalized spacial score (nSPS) is 11.2. The van der Waals surface area contributed by atoms with Crippen molar-refractivity contribution < 1.29 is 22.5 Å². The second-order valence-corrected chi connectivity index (χ2v) is 8.65. The fourth-order valence-corrected chi connectivity index (χ4v) is 3.73. The van der Waals surface area contributed by atoms with E-state index in [1.807, 2.05) is 0 Å². The maximum Gasteiger partial charge on any atom is 0.262 e. The molecule has 1 heterocycles. The van der Waals surface area contributed by atoms with E-state index in [-0.39, 0.29) is 22.4 Å². The molecule has 0 atom stereocenters. The predicted molar refractivity (Wildman–Crippen MR) is 113 cm³/mol. The molecular formula is C19H16Cl2N3O5S-. The van der Waals surface area contributed by atoms with Gasteiger partial charge in [0.15, 0.2) is 6.61 Å². The van der Waals surface area contributed by atoms with Crippen LogP contribution in [0.2, 0.25) is 10.0 Å². The molecular weight excluding hydrogens is 453 g/mol. The quantitative estimate of drug-likeness (QED) is 0.521. The molecule has 3 aromatic rings. The third kappa shape index (κ3) is 5.24. The van der Waals surface area contributed by atoms with Crippen LogP contribution in [0.5, 0.6) is 5.75 Å². The van der Waals surface area contributed by atoms with Crippen LogP contribution in [0.25, 0.3) is 4.72 Å². The van der Waals surface area contributed by atoms with Gasteiger partial charge in [0.25, 0.3) is 5.91 Å². The van der Waals surface area contributed by atoms with Gasteiger partial charge in [-0.25, -0.2) is 8.42 Å². The fourth-order valence-electron chi connectivity index (χ4n) is 2.29. The number of aromatic nitrogens is 1. The number of nitrogens with zero attached hydrogens (tertiary/aromatic N) is 2. The molecule has 0 spiro atoms. The van der Waals surface area contributed by atoms with Crippen LogP contribution in [0.15, 0.2) is 51.9 Å². The summed E-state index contributed by atoms with van der Waals surface area (Å²) in [6.07, 6.45) is 0. The Kier molecular flexibility index (Phi) is 6.55. The molecule has 0 aliphatic carbocycles. The minimum atomic E-state index is -3.99. The molecule has 0 radical (unpaired) electrons. The smallest absolute Gasteiger partial charge is 0.262 e. The summed E-state index contributed by atoms with van der Waals surface area (Å²) in [6, 6.07) is 10.2. The Morgan fingerprint density at radius 2 is 1.87 bits per heavy atom. The lowest BCUT2D eigenvalue weighted by Crippen LogP contribution is -2.20. The number of hydrogen-bond acceptors (Lipinski definition) is 6. The number of halogens is 2. The van der Waals surface area contributed by atoms with E-state index in [4.69, 9.17) is 32.5 Å². The summed E-state index contributed by atoms with van der Waals surface area (Å²) in [6.45, 7) is 3.06. The van der Waals surface area contributed by atoms with Crippen LogP contribution >= 0.6 is 23.2 Å². The number of anilines is 1. The molecule has 1 amide bonds. The van der Waals surface area contributed by atoms with Crippen LogP contribution in [-0.4, -0.2) is 26.1 Å². The lowest BCUT2D eigenvalue weighted by Gasteiger charge is -2.19. The fraction of sp³-hybridized carbons (Fsp3) is 0.158. The van der Waals surface area contributed by atoms with Gasteiger partial charge in [-0.3, -0.25) is 4.79 Å². The monoisotopic (exact) mass is 468 g/mol. The van der Waals surface area contributed by atoms with Gasteiger partial charge < -0.3 is 19.3 Å². The number of aryl methyl sites for hydroxylation is 1. The molecule has 0 unspecified atom stereocenters. The summed E-state index contributed by atoms with van der Waals surface area (Å²) < 4.78 is 38.8. The maximum absolute atomic E-state index is 12.4. The van der Waals surface area contributed by atoms with Crippen LogP contribution in [-0.2, 0) is 14.8 Å². The lowest BCUT2D eigenvalue weighted by atomic mass is 10.3. The van der Waals surface area contributed by atoms with Crippen molar-refractivity contribution in [3.05, 3.63) is 68.5 Å². The van der Waals surface area contributed by atoms with E-state index in [0.717, 1.165) is 0 Å². The summed E-state index contributed by atoms with van der Waals surface area (Å²) in [4.78, 5) is 12.0. The molecule has 3 rings (SSSR count). The molecule has 0 saturated carbocycles. The highest BCUT2D eigenvalue weighted by atomic mass is 35.5. The highest BCUT2D eigenvalue weighted by Crippen LogP contribution is 2.32. The predicted octanol–water partition coefficient (Wildman–Crippen LogP) is 5.01. The van der Waals surface area contributed by atoms with Crippen molar-refractivity contribution in [2.75, 3.05) is 11.9 Å². The van der Waals surface area contributed by atoms with E-state index in [1.165, 1.54) is 30.3 Å². The minimum Gasteiger partial charge on any atom is -0.539 e. The largest absolute Gasteiger partial charge is 0.539 e. The highest BCUT2D eigenvalue weighted by Gasteiger charge is 2.11. The highest BCUT2D eigenvalue weighted by molar-refractivity contribution is 7.94. The number of benzene rings is 2. The van der Waals surface area contributed by atoms with E-state index in [2.05, 4.69) is 15.2 Å². The van der Waals surface area contributed by atoms with Crippen molar-refractivity contribution in [3.8, 4) is 5.75 Å². The summed E-state index contributed by atoms with van der Waals surface area (Å²) >= 11 is 11.8.